The summed E-state index contributed by atoms with van der Waals surface area (Å²) in [5, 5.41) is 13.8. The second-order valence-electron chi connectivity index (χ2n) is 5.10. The lowest BCUT2D eigenvalue weighted by molar-refractivity contribution is -0.151. The molecule has 1 heterocycles. The number of carbonyl (C=O) groups excluding carboxylic acids is 1. The van der Waals surface area contributed by atoms with Crippen molar-refractivity contribution in [1.82, 2.24) is 10.2 Å². The first-order valence-electron chi connectivity index (χ1n) is 5.66. The van der Waals surface area contributed by atoms with Gasteiger partial charge in [0.15, 0.2) is 5.11 Å². The van der Waals surface area contributed by atoms with Crippen LogP contribution in [0.4, 0.5) is 0 Å². The largest absolute Gasteiger partial charge is 0.465 e. The van der Waals surface area contributed by atoms with Crippen molar-refractivity contribution in [3.63, 3.8) is 0 Å². The van der Waals surface area contributed by atoms with E-state index in [9.17, 15) is 9.90 Å². The topological polar surface area (TPSA) is 61.8 Å². The first kappa shape index (κ1) is 14.2. The molecule has 98 valence electrons. The van der Waals surface area contributed by atoms with Crippen LogP contribution in [0.3, 0.4) is 0 Å². The van der Waals surface area contributed by atoms with Crippen LogP contribution in [0.25, 0.3) is 0 Å². The highest BCUT2D eigenvalue weighted by Crippen LogP contribution is 2.28. The monoisotopic (exact) mass is 260 g/mol. The SMILES string of the molecule is CCOC(=O)CN1C(=S)NC(C)(C)C[C@]1(C)O. The van der Waals surface area contributed by atoms with Crippen molar-refractivity contribution >= 4 is 23.3 Å². The average molecular weight is 260 g/mol. The number of hydrogen-bond donors (Lipinski definition) is 2. The minimum absolute atomic E-state index is 0.0389. The fourth-order valence-electron chi connectivity index (χ4n) is 2.13. The lowest BCUT2D eigenvalue weighted by atomic mass is 9.90. The Hall–Kier alpha value is -0.880. The van der Waals surface area contributed by atoms with E-state index in [2.05, 4.69) is 5.32 Å². The maximum Gasteiger partial charge on any atom is 0.325 e. The molecule has 5 nitrogen and oxygen atoms in total. The molecule has 1 saturated heterocycles. The second kappa shape index (κ2) is 4.78. The number of ether oxygens (including phenoxy) is 1. The van der Waals surface area contributed by atoms with Crippen molar-refractivity contribution in [3.8, 4) is 0 Å². The molecule has 17 heavy (non-hydrogen) atoms. The molecule has 0 unspecified atom stereocenters. The van der Waals surface area contributed by atoms with Gasteiger partial charge in [-0.25, -0.2) is 0 Å². The van der Waals surface area contributed by atoms with Gasteiger partial charge in [0.2, 0.25) is 0 Å². The number of nitrogens with one attached hydrogen (secondary N) is 1. The van der Waals surface area contributed by atoms with Gasteiger partial charge in [-0.15, -0.1) is 0 Å². The zero-order chi connectivity index (χ0) is 13.3. The van der Waals surface area contributed by atoms with E-state index in [0.717, 1.165) is 0 Å². The van der Waals surface area contributed by atoms with Gasteiger partial charge in [-0.05, 0) is 39.9 Å². The number of hydrogen-bond acceptors (Lipinski definition) is 4. The lowest BCUT2D eigenvalue weighted by Crippen LogP contribution is -2.67. The van der Waals surface area contributed by atoms with Gasteiger partial charge in [0, 0.05) is 12.0 Å². The van der Waals surface area contributed by atoms with Crippen molar-refractivity contribution in [2.45, 2.75) is 45.4 Å². The van der Waals surface area contributed by atoms with Crippen LogP contribution in [0.1, 0.15) is 34.1 Å². The Kier molecular flexibility index (Phi) is 3.99. The number of aliphatic hydroxyl groups is 1. The Labute approximate surface area is 107 Å². The lowest BCUT2D eigenvalue weighted by Gasteiger charge is -2.49. The van der Waals surface area contributed by atoms with Crippen LogP contribution < -0.4 is 5.32 Å². The van der Waals surface area contributed by atoms with Crippen molar-refractivity contribution in [3.05, 3.63) is 0 Å². The van der Waals surface area contributed by atoms with Gasteiger partial charge in [0.1, 0.15) is 12.3 Å². The Balaban J connectivity index is 2.78. The van der Waals surface area contributed by atoms with Crippen LogP contribution in [0.15, 0.2) is 0 Å². The molecule has 6 heteroatoms. The molecule has 0 aromatic rings. The van der Waals surface area contributed by atoms with Crippen LogP contribution in [-0.4, -0.2) is 45.5 Å². The van der Waals surface area contributed by atoms with Gasteiger partial charge in [-0.2, -0.15) is 0 Å². The third-order valence-corrected chi connectivity index (χ3v) is 2.96. The van der Waals surface area contributed by atoms with E-state index in [-0.39, 0.29) is 12.1 Å². The van der Waals surface area contributed by atoms with Crippen LogP contribution in [0.2, 0.25) is 0 Å². The van der Waals surface area contributed by atoms with E-state index in [4.69, 9.17) is 17.0 Å². The summed E-state index contributed by atoms with van der Waals surface area (Å²) in [6.45, 7) is 7.58. The summed E-state index contributed by atoms with van der Waals surface area (Å²) in [7, 11) is 0. The van der Waals surface area contributed by atoms with E-state index >= 15 is 0 Å². The zero-order valence-electron chi connectivity index (χ0n) is 10.7. The molecule has 2 N–H and O–H groups in total. The Morgan fingerprint density at radius 1 is 1.59 bits per heavy atom. The third-order valence-electron chi connectivity index (χ3n) is 2.64. The zero-order valence-corrected chi connectivity index (χ0v) is 11.6. The highest BCUT2D eigenvalue weighted by molar-refractivity contribution is 7.80. The first-order valence-corrected chi connectivity index (χ1v) is 6.06. The molecule has 0 saturated carbocycles. The first-order chi connectivity index (χ1) is 7.68. The minimum atomic E-state index is -1.14. The van der Waals surface area contributed by atoms with Gasteiger partial charge >= 0.3 is 5.97 Å². The summed E-state index contributed by atoms with van der Waals surface area (Å²) < 4.78 is 4.86. The van der Waals surface area contributed by atoms with Gasteiger partial charge in [0.05, 0.1) is 6.61 Å². The number of carbonyl (C=O) groups is 1. The molecule has 0 aliphatic carbocycles. The van der Waals surface area contributed by atoms with Crippen molar-refractivity contribution in [2.24, 2.45) is 0 Å². The summed E-state index contributed by atoms with van der Waals surface area (Å²) in [6, 6.07) is 0. The minimum Gasteiger partial charge on any atom is -0.465 e. The van der Waals surface area contributed by atoms with Crippen molar-refractivity contribution in [1.29, 1.82) is 0 Å². The Bertz CT molecular complexity index is 329. The maximum absolute atomic E-state index is 11.4. The molecule has 0 spiro atoms. The van der Waals surface area contributed by atoms with Gasteiger partial charge in [-0.3, -0.25) is 4.79 Å². The number of rotatable bonds is 3. The molecular weight excluding hydrogens is 240 g/mol. The maximum atomic E-state index is 11.4. The molecule has 1 atom stereocenters. The van der Waals surface area contributed by atoms with Gasteiger partial charge in [-0.1, -0.05) is 0 Å². The van der Waals surface area contributed by atoms with E-state index in [0.29, 0.717) is 18.1 Å². The molecule has 0 amide bonds. The molecule has 0 bridgehead atoms. The van der Waals surface area contributed by atoms with Crippen LogP contribution in [-0.2, 0) is 9.53 Å². The van der Waals surface area contributed by atoms with E-state index < -0.39 is 11.7 Å². The average Bonchev–Trinajstić information content (AvgIpc) is 2.09. The number of nitrogens with zero attached hydrogens (tertiary/aromatic N) is 1. The van der Waals surface area contributed by atoms with Gasteiger partial charge < -0.3 is 20.1 Å². The summed E-state index contributed by atoms with van der Waals surface area (Å²) in [6.07, 6.45) is 0.472. The predicted octanol–water partition coefficient (Wildman–Crippen LogP) is 0.617. The highest BCUT2D eigenvalue weighted by Gasteiger charge is 2.43. The molecule has 0 aromatic heterocycles. The fraction of sp³-hybridized carbons (Fsp3) is 0.818. The highest BCUT2D eigenvalue weighted by atomic mass is 32.1. The third kappa shape index (κ3) is 3.54. The van der Waals surface area contributed by atoms with Crippen LogP contribution in [0, 0.1) is 0 Å². The van der Waals surface area contributed by atoms with Crippen molar-refractivity contribution in [2.75, 3.05) is 13.2 Å². The summed E-state index contributed by atoms with van der Waals surface area (Å²) in [4.78, 5) is 12.9. The number of thiocarbonyl (C=S) groups is 1. The van der Waals surface area contributed by atoms with Crippen molar-refractivity contribution < 1.29 is 14.6 Å². The molecule has 1 aliphatic rings. The van der Waals surface area contributed by atoms with E-state index in [1.807, 2.05) is 13.8 Å². The quantitative estimate of drug-likeness (QED) is 0.573. The van der Waals surface area contributed by atoms with E-state index in [1.165, 1.54) is 4.90 Å². The Morgan fingerprint density at radius 2 is 2.18 bits per heavy atom. The number of esters is 1. The molecule has 0 radical (unpaired) electrons. The summed E-state index contributed by atoms with van der Waals surface area (Å²) in [5.74, 6) is -0.392. The second-order valence-corrected chi connectivity index (χ2v) is 5.49. The molecular formula is C11H20N2O3S. The molecule has 1 rings (SSSR count). The Morgan fingerprint density at radius 3 is 2.65 bits per heavy atom. The molecule has 1 fully saturated rings. The standard InChI is InChI=1S/C11H20N2O3S/c1-5-16-8(14)6-13-9(17)12-10(2,3)7-11(13,4)15/h15H,5-7H2,1-4H3,(H,12,17)/t11-/m0/s1. The van der Waals surface area contributed by atoms with Gasteiger partial charge in [0.25, 0.3) is 0 Å². The van der Waals surface area contributed by atoms with E-state index in [1.54, 1.807) is 13.8 Å². The summed E-state index contributed by atoms with van der Waals surface area (Å²) >= 11 is 5.17. The predicted molar refractivity (Wildman–Crippen MR) is 68.4 cm³/mol. The normalized spacial score (nSPS) is 27.6. The summed E-state index contributed by atoms with van der Waals surface area (Å²) in [5.41, 5.74) is -1.43. The smallest absolute Gasteiger partial charge is 0.325 e. The van der Waals surface area contributed by atoms with Crippen LogP contribution >= 0.6 is 12.2 Å². The fourth-order valence-corrected chi connectivity index (χ4v) is 2.67. The molecule has 0 aromatic carbocycles. The molecule has 1 aliphatic heterocycles. The van der Waals surface area contributed by atoms with Crippen LogP contribution in [0.5, 0.6) is 0 Å².